The minimum absolute atomic E-state index is 0.312. The van der Waals surface area contributed by atoms with Gasteiger partial charge in [-0.15, -0.1) is 6.58 Å². The van der Waals surface area contributed by atoms with Crippen molar-refractivity contribution in [3.8, 4) is 0 Å². The molecule has 1 rings (SSSR count). The van der Waals surface area contributed by atoms with E-state index in [0.29, 0.717) is 19.1 Å². The summed E-state index contributed by atoms with van der Waals surface area (Å²) in [5.74, 6) is 0.312. The molecular weight excluding hydrogens is 216 g/mol. The minimum atomic E-state index is -2.10. The van der Waals surface area contributed by atoms with E-state index in [9.17, 15) is 0 Å². The van der Waals surface area contributed by atoms with Gasteiger partial charge in [0.1, 0.15) is 0 Å². The first-order valence-corrected chi connectivity index (χ1v) is 7.85. The summed E-state index contributed by atoms with van der Waals surface area (Å²) >= 11 is 0. The first-order valence-electron chi connectivity index (χ1n) is 4.88. The maximum absolute atomic E-state index is 6.23. The topological polar surface area (TPSA) is 44.5 Å². The molecule has 0 aliphatic heterocycles. The quantitative estimate of drug-likeness (QED) is 0.568. The van der Waals surface area contributed by atoms with Crippen LogP contribution in [0, 0.1) is 5.92 Å². The smallest absolute Gasteiger partial charge is 0.163 e. The molecule has 1 aliphatic rings. The van der Waals surface area contributed by atoms with Crippen molar-refractivity contribution in [2.45, 2.75) is 25.5 Å². The normalized spacial score (nSPS) is 31.5. The highest BCUT2D eigenvalue weighted by molar-refractivity contribution is 7.93. The zero-order valence-electron chi connectivity index (χ0n) is 8.82. The predicted molar refractivity (Wildman–Crippen MR) is 63.7 cm³/mol. The summed E-state index contributed by atoms with van der Waals surface area (Å²) in [6.45, 7) is 8.87. The molecule has 82 valence electrons. The SMILES string of the molecule is C=CC1C[C@]1(N)P(=P)(OCC)OCC. The van der Waals surface area contributed by atoms with Crippen LogP contribution in [0.3, 0.4) is 0 Å². The molecule has 0 heterocycles. The molecule has 0 aromatic rings. The summed E-state index contributed by atoms with van der Waals surface area (Å²) in [6.07, 6.45) is 2.78. The molecule has 1 fully saturated rings. The fourth-order valence-corrected chi connectivity index (χ4v) is 5.37. The zero-order valence-corrected chi connectivity index (χ0v) is 10.7. The second-order valence-corrected chi connectivity index (χ2v) is 7.64. The summed E-state index contributed by atoms with van der Waals surface area (Å²) in [5.41, 5.74) is 6.23. The molecule has 0 aromatic heterocycles. The fourth-order valence-electron chi connectivity index (χ4n) is 1.56. The van der Waals surface area contributed by atoms with Gasteiger partial charge in [-0.1, -0.05) is 14.6 Å². The maximum atomic E-state index is 6.23. The number of nitrogens with two attached hydrogens (primary N) is 1. The Morgan fingerprint density at radius 3 is 2.36 bits per heavy atom. The average Bonchev–Trinajstić information content (AvgIpc) is 2.80. The third-order valence-corrected chi connectivity index (χ3v) is 7.36. The minimum Gasteiger partial charge on any atom is -0.333 e. The summed E-state index contributed by atoms with van der Waals surface area (Å²) in [7, 11) is 1.52. The second kappa shape index (κ2) is 4.47. The number of rotatable bonds is 6. The van der Waals surface area contributed by atoms with Gasteiger partial charge in [0, 0.05) is 5.92 Å². The lowest BCUT2D eigenvalue weighted by atomic mass is 10.4. The van der Waals surface area contributed by atoms with Crippen molar-refractivity contribution in [3.63, 3.8) is 0 Å². The molecule has 1 saturated carbocycles. The molecule has 0 saturated heterocycles. The van der Waals surface area contributed by atoms with Crippen LogP contribution in [-0.4, -0.2) is 18.5 Å². The lowest BCUT2D eigenvalue weighted by Gasteiger charge is -2.29. The molecular formula is C9H19NO2P2. The van der Waals surface area contributed by atoms with Crippen LogP contribution >= 0.6 is 15.5 Å². The average molecular weight is 235 g/mol. The standard InChI is InChI=1S/C9H19NO2P2/c1-4-8-7-9(8,10)14(13,11-5-2)12-6-3/h4,8,13H,1,5-7,10H2,2-3H3/t8?,9-/m0/s1. The van der Waals surface area contributed by atoms with Gasteiger partial charge in [0.05, 0.1) is 18.5 Å². The Bertz CT molecular complexity index is 260. The molecule has 0 spiro atoms. The third-order valence-electron chi connectivity index (χ3n) is 2.48. The highest BCUT2D eigenvalue weighted by Crippen LogP contribution is 2.74. The van der Waals surface area contributed by atoms with Gasteiger partial charge in [-0.2, -0.15) is 0 Å². The van der Waals surface area contributed by atoms with E-state index in [-0.39, 0.29) is 5.28 Å². The van der Waals surface area contributed by atoms with Gasteiger partial charge in [-0.3, -0.25) is 0 Å². The molecule has 0 bridgehead atoms. The van der Waals surface area contributed by atoms with Gasteiger partial charge in [0.15, 0.2) is 7.00 Å². The van der Waals surface area contributed by atoms with Crippen molar-refractivity contribution in [1.82, 2.24) is 0 Å². The Morgan fingerprint density at radius 2 is 2.07 bits per heavy atom. The molecule has 0 radical (unpaired) electrons. The summed E-state index contributed by atoms with van der Waals surface area (Å²) in [5, 5.41) is -0.363. The molecule has 0 amide bonds. The van der Waals surface area contributed by atoms with E-state index in [1.54, 1.807) is 0 Å². The van der Waals surface area contributed by atoms with Crippen molar-refractivity contribution in [2.24, 2.45) is 11.7 Å². The van der Waals surface area contributed by atoms with Crippen molar-refractivity contribution >= 4 is 15.5 Å². The van der Waals surface area contributed by atoms with Crippen molar-refractivity contribution < 1.29 is 9.05 Å². The molecule has 14 heavy (non-hydrogen) atoms. The molecule has 1 unspecified atom stereocenters. The molecule has 2 N–H and O–H groups in total. The van der Waals surface area contributed by atoms with Crippen LogP contribution in [0.1, 0.15) is 20.3 Å². The molecule has 0 aromatic carbocycles. The van der Waals surface area contributed by atoms with Gasteiger partial charge in [0.25, 0.3) is 0 Å². The van der Waals surface area contributed by atoms with E-state index >= 15 is 0 Å². The summed E-state index contributed by atoms with van der Waals surface area (Å²) in [4.78, 5) is 0. The Labute approximate surface area is 88.2 Å². The Balaban J connectivity index is 2.78. The van der Waals surface area contributed by atoms with Crippen LogP contribution in [0.4, 0.5) is 0 Å². The second-order valence-electron chi connectivity index (χ2n) is 3.42. The van der Waals surface area contributed by atoms with Crippen LogP contribution in [-0.2, 0) is 9.05 Å². The fraction of sp³-hybridized carbons (Fsp3) is 0.778. The largest absolute Gasteiger partial charge is 0.333 e. The van der Waals surface area contributed by atoms with Crippen molar-refractivity contribution in [2.75, 3.05) is 13.2 Å². The first kappa shape index (κ1) is 12.4. The van der Waals surface area contributed by atoms with Crippen molar-refractivity contribution in [3.05, 3.63) is 12.7 Å². The van der Waals surface area contributed by atoms with Gasteiger partial charge < -0.3 is 14.8 Å². The van der Waals surface area contributed by atoms with Crippen LogP contribution in [0.5, 0.6) is 0 Å². The molecule has 2 atom stereocenters. The highest BCUT2D eigenvalue weighted by Gasteiger charge is 2.59. The van der Waals surface area contributed by atoms with Crippen LogP contribution in [0.2, 0.25) is 0 Å². The molecule has 5 heteroatoms. The third kappa shape index (κ3) is 1.98. The monoisotopic (exact) mass is 235 g/mol. The van der Waals surface area contributed by atoms with E-state index in [2.05, 4.69) is 15.1 Å². The summed E-state index contributed by atoms with van der Waals surface area (Å²) in [6, 6.07) is 0. The first-order chi connectivity index (χ1) is 6.54. The predicted octanol–water partition coefficient (Wildman–Crippen LogP) is 2.83. The van der Waals surface area contributed by atoms with Crippen LogP contribution in [0.25, 0.3) is 0 Å². The molecule has 3 nitrogen and oxygen atoms in total. The number of hydrogen-bond donors (Lipinski definition) is 1. The van der Waals surface area contributed by atoms with Gasteiger partial charge in [0.2, 0.25) is 0 Å². The Morgan fingerprint density at radius 1 is 1.57 bits per heavy atom. The van der Waals surface area contributed by atoms with E-state index in [1.807, 2.05) is 19.9 Å². The van der Waals surface area contributed by atoms with Gasteiger partial charge in [-0.05, 0) is 20.3 Å². The Hall–Kier alpha value is 0.350. The molecule has 1 aliphatic carbocycles. The van der Waals surface area contributed by atoms with Gasteiger partial charge >= 0.3 is 0 Å². The van der Waals surface area contributed by atoms with Crippen molar-refractivity contribution in [1.29, 1.82) is 0 Å². The lowest BCUT2D eigenvalue weighted by molar-refractivity contribution is 0.256. The van der Waals surface area contributed by atoms with Crippen LogP contribution < -0.4 is 5.73 Å². The maximum Gasteiger partial charge on any atom is 0.163 e. The summed E-state index contributed by atoms with van der Waals surface area (Å²) < 4.78 is 11.3. The van der Waals surface area contributed by atoms with Gasteiger partial charge in [-0.25, -0.2) is 0 Å². The van der Waals surface area contributed by atoms with E-state index in [4.69, 9.17) is 14.8 Å². The van der Waals surface area contributed by atoms with E-state index < -0.39 is 7.00 Å². The Kier molecular flexibility index (Phi) is 3.96. The highest BCUT2D eigenvalue weighted by atomic mass is 31.8. The lowest BCUT2D eigenvalue weighted by Crippen LogP contribution is -2.26. The van der Waals surface area contributed by atoms with E-state index in [1.165, 1.54) is 0 Å². The van der Waals surface area contributed by atoms with Crippen LogP contribution in [0.15, 0.2) is 12.7 Å². The van der Waals surface area contributed by atoms with E-state index in [0.717, 1.165) is 6.42 Å². The number of hydrogen-bond acceptors (Lipinski definition) is 3. The zero-order chi connectivity index (χ0) is 10.8.